The lowest BCUT2D eigenvalue weighted by molar-refractivity contribution is 0.0635. The van der Waals surface area contributed by atoms with Gasteiger partial charge in [-0.2, -0.15) is 4.31 Å². The van der Waals surface area contributed by atoms with E-state index in [1.807, 2.05) is 0 Å². The molecule has 1 N–H and O–H groups in total. The lowest BCUT2D eigenvalue weighted by Gasteiger charge is -2.34. The van der Waals surface area contributed by atoms with Crippen LogP contribution in [0.4, 0.5) is 10.5 Å². The molecule has 8 nitrogen and oxygen atoms in total. The van der Waals surface area contributed by atoms with E-state index in [1.165, 1.54) is 28.6 Å². The number of rotatable bonds is 4. The summed E-state index contributed by atoms with van der Waals surface area (Å²) in [5.74, 6) is -0.197. The quantitative estimate of drug-likeness (QED) is 0.718. The Balaban J connectivity index is 1.58. The Labute approximate surface area is 193 Å². The molecule has 0 spiro atoms. The molecule has 1 aliphatic rings. The molecule has 2 amide bonds. The van der Waals surface area contributed by atoms with E-state index in [2.05, 4.69) is 5.32 Å². The molecule has 0 aromatic heterocycles. The van der Waals surface area contributed by atoms with Gasteiger partial charge in [0.05, 0.1) is 4.90 Å². The van der Waals surface area contributed by atoms with Gasteiger partial charge >= 0.3 is 6.09 Å². The van der Waals surface area contributed by atoms with E-state index in [4.69, 9.17) is 16.3 Å². The first-order valence-electron chi connectivity index (χ1n) is 10.1. The van der Waals surface area contributed by atoms with Crippen molar-refractivity contribution in [2.45, 2.75) is 31.3 Å². The molecule has 32 heavy (non-hydrogen) atoms. The molecule has 0 atom stereocenters. The first-order valence-corrected chi connectivity index (χ1v) is 11.9. The maximum Gasteiger partial charge on any atom is 0.412 e. The number of benzene rings is 2. The van der Waals surface area contributed by atoms with Gasteiger partial charge in [0.2, 0.25) is 10.0 Å². The van der Waals surface area contributed by atoms with Crippen molar-refractivity contribution >= 4 is 39.3 Å². The normalized spacial score (nSPS) is 15.3. The number of piperazine rings is 1. The van der Waals surface area contributed by atoms with Crippen LogP contribution >= 0.6 is 11.6 Å². The van der Waals surface area contributed by atoms with Crippen molar-refractivity contribution in [3.63, 3.8) is 0 Å². The Morgan fingerprint density at radius 2 is 1.50 bits per heavy atom. The largest absolute Gasteiger partial charge is 0.444 e. The van der Waals surface area contributed by atoms with Crippen molar-refractivity contribution in [1.29, 1.82) is 0 Å². The molecule has 0 aliphatic carbocycles. The fourth-order valence-electron chi connectivity index (χ4n) is 3.19. The smallest absolute Gasteiger partial charge is 0.412 e. The van der Waals surface area contributed by atoms with Gasteiger partial charge < -0.3 is 9.64 Å². The predicted octanol–water partition coefficient (Wildman–Crippen LogP) is 3.83. The van der Waals surface area contributed by atoms with E-state index in [9.17, 15) is 18.0 Å². The number of anilines is 1. The highest BCUT2D eigenvalue weighted by Crippen LogP contribution is 2.21. The lowest BCUT2D eigenvalue weighted by atomic mass is 10.1. The van der Waals surface area contributed by atoms with Crippen LogP contribution in [0.1, 0.15) is 31.1 Å². The minimum atomic E-state index is -3.64. The molecular weight excluding hydrogens is 454 g/mol. The lowest BCUT2D eigenvalue weighted by Crippen LogP contribution is -2.50. The average Bonchev–Trinajstić information content (AvgIpc) is 2.73. The van der Waals surface area contributed by atoms with E-state index in [0.29, 0.717) is 16.3 Å². The molecule has 1 aliphatic heterocycles. The average molecular weight is 480 g/mol. The van der Waals surface area contributed by atoms with Crippen molar-refractivity contribution in [1.82, 2.24) is 9.21 Å². The molecule has 10 heteroatoms. The predicted molar refractivity (Wildman–Crippen MR) is 122 cm³/mol. The number of ether oxygens (including phenoxy) is 1. The van der Waals surface area contributed by atoms with Crippen molar-refractivity contribution in [3.05, 3.63) is 59.1 Å². The Morgan fingerprint density at radius 1 is 0.938 bits per heavy atom. The molecular formula is C22H26ClN3O5S. The van der Waals surface area contributed by atoms with E-state index in [1.54, 1.807) is 49.9 Å². The zero-order valence-electron chi connectivity index (χ0n) is 18.2. The Bertz CT molecular complexity index is 1070. The van der Waals surface area contributed by atoms with Gasteiger partial charge in [-0.05, 0) is 69.3 Å². The summed E-state index contributed by atoms with van der Waals surface area (Å²) in [5, 5.41) is 3.08. The number of halogens is 1. The summed E-state index contributed by atoms with van der Waals surface area (Å²) in [6.07, 6.45) is -0.574. The SMILES string of the molecule is CC(C)(C)OC(=O)Nc1ccc(C(=O)N2CCN(S(=O)(=O)c3ccc(Cl)cc3)CC2)cc1. The number of sulfonamides is 1. The third kappa shape index (κ3) is 5.99. The second kappa shape index (κ2) is 9.48. The second-order valence-corrected chi connectivity index (χ2v) is 10.7. The molecule has 1 fully saturated rings. The van der Waals surface area contributed by atoms with Gasteiger partial charge in [0.15, 0.2) is 0 Å². The summed E-state index contributed by atoms with van der Waals surface area (Å²) >= 11 is 5.84. The number of nitrogens with one attached hydrogen (secondary N) is 1. The Kier molecular flexibility index (Phi) is 7.12. The number of carbonyl (C=O) groups is 2. The van der Waals surface area contributed by atoms with Crippen LogP contribution in [-0.4, -0.2) is 61.4 Å². The van der Waals surface area contributed by atoms with Crippen LogP contribution in [0.2, 0.25) is 5.02 Å². The minimum Gasteiger partial charge on any atom is -0.444 e. The Morgan fingerprint density at radius 3 is 2.03 bits per heavy atom. The minimum absolute atomic E-state index is 0.176. The number of amides is 2. The zero-order chi connectivity index (χ0) is 23.5. The van der Waals surface area contributed by atoms with Crippen LogP contribution in [0.3, 0.4) is 0 Å². The van der Waals surface area contributed by atoms with Crippen molar-refractivity contribution in [2.75, 3.05) is 31.5 Å². The monoisotopic (exact) mass is 479 g/mol. The summed E-state index contributed by atoms with van der Waals surface area (Å²) in [5.41, 5.74) is 0.354. The third-order valence-electron chi connectivity index (χ3n) is 4.75. The van der Waals surface area contributed by atoms with Gasteiger partial charge in [-0.25, -0.2) is 13.2 Å². The van der Waals surface area contributed by atoms with Gasteiger partial charge in [-0.3, -0.25) is 10.1 Å². The summed E-state index contributed by atoms with van der Waals surface area (Å²) in [6, 6.07) is 12.5. The van der Waals surface area contributed by atoms with Crippen LogP contribution in [0.5, 0.6) is 0 Å². The van der Waals surface area contributed by atoms with E-state index in [-0.39, 0.29) is 37.0 Å². The topological polar surface area (TPSA) is 96.0 Å². The maximum atomic E-state index is 12.8. The van der Waals surface area contributed by atoms with Crippen LogP contribution in [-0.2, 0) is 14.8 Å². The van der Waals surface area contributed by atoms with Gasteiger partial charge in [-0.1, -0.05) is 11.6 Å². The van der Waals surface area contributed by atoms with E-state index in [0.717, 1.165) is 0 Å². The number of carbonyl (C=O) groups excluding carboxylic acids is 2. The van der Waals surface area contributed by atoms with Crippen LogP contribution in [0, 0.1) is 0 Å². The zero-order valence-corrected chi connectivity index (χ0v) is 19.7. The van der Waals surface area contributed by atoms with Crippen LogP contribution in [0.25, 0.3) is 0 Å². The first kappa shape index (κ1) is 24.0. The molecule has 0 saturated carbocycles. The van der Waals surface area contributed by atoms with Crippen molar-refractivity contribution < 1.29 is 22.7 Å². The summed E-state index contributed by atoms with van der Waals surface area (Å²) < 4.78 is 32.2. The number of hydrogen-bond donors (Lipinski definition) is 1. The second-order valence-electron chi connectivity index (χ2n) is 8.35. The van der Waals surface area contributed by atoms with Gasteiger partial charge in [0.25, 0.3) is 5.91 Å². The standard InChI is InChI=1S/C22H26ClN3O5S/c1-22(2,3)31-21(28)24-18-8-4-16(5-9-18)20(27)25-12-14-26(15-13-25)32(29,30)19-10-6-17(23)7-11-19/h4-11H,12-15H2,1-3H3,(H,24,28). The molecule has 2 aromatic rings. The van der Waals surface area contributed by atoms with Crippen molar-refractivity contribution in [2.24, 2.45) is 0 Å². The first-order chi connectivity index (χ1) is 15.0. The highest BCUT2D eigenvalue weighted by atomic mass is 35.5. The molecule has 172 valence electrons. The summed E-state index contributed by atoms with van der Waals surface area (Å²) in [4.78, 5) is 26.5. The highest BCUT2D eigenvalue weighted by molar-refractivity contribution is 7.89. The maximum absolute atomic E-state index is 12.8. The van der Waals surface area contributed by atoms with Gasteiger partial charge in [0, 0.05) is 42.5 Å². The molecule has 0 unspecified atom stereocenters. The Hall–Kier alpha value is -2.62. The van der Waals surface area contributed by atoms with Gasteiger partial charge in [0.1, 0.15) is 5.60 Å². The molecule has 1 heterocycles. The summed E-state index contributed by atoms with van der Waals surface area (Å²) in [6.45, 7) is 6.29. The summed E-state index contributed by atoms with van der Waals surface area (Å²) in [7, 11) is -3.64. The van der Waals surface area contributed by atoms with Gasteiger partial charge in [-0.15, -0.1) is 0 Å². The van der Waals surface area contributed by atoms with Crippen molar-refractivity contribution in [3.8, 4) is 0 Å². The molecule has 0 radical (unpaired) electrons. The van der Waals surface area contributed by atoms with E-state index < -0.39 is 21.7 Å². The third-order valence-corrected chi connectivity index (χ3v) is 6.92. The molecule has 1 saturated heterocycles. The van der Waals surface area contributed by atoms with Crippen LogP contribution < -0.4 is 5.32 Å². The molecule has 0 bridgehead atoms. The van der Waals surface area contributed by atoms with E-state index >= 15 is 0 Å². The molecule has 2 aromatic carbocycles. The fourth-order valence-corrected chi connectivity index (χ4v) is 4.74. The molecule has 3 rings (SSSR count). The van der Waals surface area contributed by atoms with Crippen LogP contribution in [0.15, 0.2) is 53.4 Å². The number of nitrogens with zero attached hydrogens (tertiary/aromatic N) is 2. The fraction of sp³-hybridized carbons (Fsp3) is 0.364. The number of hydrogen-bond acceptors (Lipinski definition) is 5. The highest BCUT2D eigenvalue weighted by Gasteiger charge is 2.30.